The van der Waals surface area contributed by atoms with Crippen LogP contribution >= 0.6 is 0 Å². The quantitative estimate of drug-likeness (QED) is 0.725. The highest BCUT2D eigenvalue weighted by Crippen LogP contribution is 2.38. The Labute approximate surface area is 118 Å². The highest BCUT2D eigenvalue weighted by atomic mass is 16.4. The second kappa shape index (κ2) is 5.44. The third-order valence-electron chi connectivity index (χ3n) is 4.63. The maximum atomic E-state index is 11.1. The number of carboxylic acid groups (broad SMARTS) is 1. The van der Waals surface area contributed by atoms with Gasteiger partial charge < -0.3 is 15.5 Å². The number of aromatic hydroxyl groups is 1. The first-order valence-electron chi connectivity index (χ1n) is 7.46. The fourth-order valence-corrected chi connectivity index (χ4v) is 3.55. The molecule has 0 aromatic heterocycles. The molecular formula is C16H21NO3. The standard InChI is InChI=1S/C16H21NO3/c18-14-7-6-10-4-2-1-3-5-12(10)15(14)13-8-11(9-17-13)16(19)20/h6-7,11,13,17-18H,1-5,8-9H2,(H,19,20). The number of hydrogen-bond donors (Lipinski definition) is 3. The Kier molecular flexibility index (Phi) is 3.66. The van der Waals surface area contributed by atoms with E-state index in [-0.39, 0.29) is 12.0 Å². The minimum Gasteiger partial charge on any atom is -0.508 e. The molecule has 1 fully saturated rings. The molecule has 0 amide bonds. The second-order valence-corrected chi connectivity index (χ2v) is 5.93. The summed E-state index contributed by atoms with van der Waals surface area (Å²) in [6.07, 6.45) is 6.21. The number of aliphatic carboxylic acids is 1. The van der Waals surface area contributed by atoms with E-state index in [0.717, 1.165) is 24.8 Å². The number of aryl methyl sites for hydroxylation is 1. The van der Waals surface area contributed by atoms with Crippen molar-refractivity contribution >= 4 is 5.97 Å². The van der Waals surface area contributed by atoms with Gasteiger partial charge in [-0.1, -0.05) is 12.5 Å². The van der Waals surface area contributed by atoms with Crippen LogP contribution in [0.15, 0.2) is 12.1 Å². The first-order valence-corrected chi connectivity index (χ1v) is 7.46. The Hall–Kier alpha value is -1.55. The van der Waals surface area contributed by atoms with E-state index in [2.05, 4.69) is 5.32 Å². The van der Waals surface area contributed by atoms with Crippen LogP contribution in [0.2, 0.25) is 0 Å². The Bertz CT molecular complexity index is 527. The van der Waals surface area contributed by atoms with E-state index < -0.39 is 5.97 Å². The van der Waals surface area contributed by atoms with E-state index in [4.69, 9.17) is 5.11 Å². The molecule has 1 saturated heterocycles. The molecule has 20 heavy (non-hydrogen) atoms. The molecule has 4 nitrogen and oxygen atoms in total. The molecule has 0 saturated carbocycles. The van der Waals surface area contributed by atoms with Gasteiger partial charge in [-0.25, -0.2) is 0 Å². The molecule has 3 N–H and O–H groups in total. The molecule has 1 aliphatic heterocycles. The van der Waals surface area contributed by atoms with E-state index in [9.17, 15) is 9.90 Å². The number of hydrogen-bond acceptors (Lipinski definition) is 3. The van der Waals surface area contributed by atoms with Gasteiger partial charge in [-0.2, -0.15) is 0 Å². The minimum atomic E-state index is -0.749. The average Bonchev–Trinajstić information content (AvgIpc) is 2.78. The van der Waals surface area contributed by atoms with Gasteiger partial charge in [-0.3, -0.25) is 4.79 Å². The number of carboxylic acids is 1. The third kappa shape index (κ3) is 2.40. The molecule has 1 aliphatic carbocycles. The van der Waals surface area contributed by atoms with Crippen LogP contribution in [0.25, 0.3) is 0 Å². The largest absolute Gasteiger partial charge is 0.508 e. The van der Waals surface area contributed by atoms with E-state index in [1.165, 1.54) is 24.0 Å². The summed E-state index contributed by atoms with van der Waals surface area (Å²) < 4.78 is 0. The van der Waals surface area contributed by atoms with Gasteiger partial charge in [0, 0.05) is 18.2 Å². The molecule has 2 unspecified atom stereocenters. The van der Waals surface area contributed by atoms with Crippen molar-refractivity contribution < 1.29 is 15.0 Å². The fourth-order valence-electron chi connectivity index (χ4n) is 3.55. The summed E-state index contributed by atoms with van der Waals surface area (Å²) in [5.41, 5.74) is 3.54. The summed E-state index contributed by atoms with van der Waals surface area (Å²) in [5, 5.41) is 22.7. The van der Waals surface area contributed by atoms with Gasteiger partial charge in [-0.15, -0.1) is 0 Å². The summed E-state index contributed by atoms with van der Waals surface area (Å²) in [7, 11) is 0. The van der Waals surface area contributed by atoms with Gasteiger partial charge in [0.1, 0.15) is 5.75 Å². The second-order valence-electron chi connectivity index (χ2n) is 5.93. The summed E-state index contributed by atoms with van der Waals surface area (Å²) in [4.78, 5) is 11.1. The zero-order valence-corrected chi connectivity index (χ0v) is 11.6. The van der Waals surface area contributed by atoms with Crippen LogP contribution in [0.4, 0.5) is 0 Å². The first kappa shape index (κ1) is 13.4. The monoisotopic (exact) mass is 275 g/mol. The van der Waals surface area contributed by atoms with Crippen molar-refractivity contribution in [3.8, 4) is 5.75 Å². The van der Waals surface area contributed by atoms with Crippen LogP contribution in [-0.4, -0.2) is 22.7 Å². The van der Waals surface area contributed by atoms with E-state index in [1.807, 2.05) is 6.07 Å². The predicted octanol–water partition coefficient (Wildman–Crippen LogP) is 2.40. The van der Waals surface area contributed by atoms with Crippen molar-refractivity contribution in [2.24, 2.45) is 5.92 Å². The lowest BCUT2D eigenvalue weighted by molar-refractivity contribution is -0.141. The van der Waals surface area contributed by atoms with Crippen LogP contribution in [-0.2, 0) is 17.6 Å². The van der Waals surface area contributed by atoms with E-state index in [1.54, 1.807) is 6.07 Å². The van der Waals surface area contributed by atoms with Gasteiger partial charge in [0.25, 0.3) is 0 Å². The molecule has 108 valence electrons. The molecule has 3 rings (SSSR count). The van der Waals surface area contributed by atoms with Crippen molar-refractivity contribution in [3.63, 3.8) is 0 Å². The highest BCUT2D eigenvalue weighted by Gasteiger charge is 2.33. The maximum absolute atomic E-state index is 11.1. The number of nitrogens with one attached hydrogen (secondary N) is 1. The summed E-state index contributed by atoms with van der Waals surface area (Å²) in [6.45, 7) is 0.489. The predicted molar refractivity (Wildman–Crippen MR) is 75.9 cm³/mol. The average molecular weight is 275 g/mol. The normalized spacial score (nSPS) is 26.0. The van der Waals surface area contributed by atoms with Gasteiger partial charge in [0.15, 0.2) is 0 Å². The van der Waals surface area contributed by atoms with Gasteiger partial charge >= 0.3 is 5.97 Å². The highest BCUT2D eigenvalue weighted by molar-refractivity contribution is 5.71. The third-order valence-corrected chi connectivity index (χ3v) is 4.63. The Balaban J connectivity index is 1.95. The van der Waals surface area contributed by atoms with Crippen molar-refractivity contribution in [1.82, 2.24) is 5.32 Å². The molecular weight excluding hydrogens is 254 g/mol. The zero-order chi connectivity index (χ0) is 14.1. The maximum Gasteiger partial charge on any atom is 0.307 e. The van der Waals surface area contributed by atoms with E-state index >= 15 is 0 Å². The van der Waals surface area contributed by atoms with Crippen LogP contribution < -0.4 is 5.32 Å². The van der Waals surface area contributed by atoms with Gasteiger partial charge in [0.05, 0.1) is 5.92 Å². The summed E-state index contributed by atoms with van der Waals surface area (Å²) in [6, 6.07) is 3.78. The van der Waals surface area contributed by atoms with Crippen molar-refractivity contribution in [2.75, 3.05) is 6.54 Å². The lowest BCUT2D eigenvalue weighted by Crippen LogP contribution is -2.18. The molecule has 1 heterocycles. The minimum absolute atomic E-state index is 0.0239. The number of fused-ring (bicyclic) bond motifs is 1. The van der Waals surface area contributed by atoms with Crippen LogP contribution in [0.5, 0.6) is 5.75 Å². The molecule has 1 aromatic carbocycles. The molecule has 0 bridgehead atoms. The summed E-state index contributed by atoms with van der Waals surface area (Å²) >= 11 is 0. The van der Waals surface area contributed by atoms with Crippen molar-refractivity contribution in [3.05, 3.63) is 28.8 Å². The lowest BCUT2D eigenvalue weighted by Gasteiger charge is -2.19. The lowest BCUT2D eigenvalue weighted by atomic mass is 9.90. The first-order chi connectivity index (χ1) is 9.66. The number of carbonyl (C=O) groups is 1. The molecule has 1 aromatic rings. The van der Waals surface area contributed by atoms with Crippen LogP contribution in [0, 0.1) is 5.92 Å². The van der Waals surface area contributed by atoms with Gasteiger partial charge in [0.2, 0.25) is 0 Å². The smallest absolute Gasteiger partial charge is 0.307 e. The summed E-state index contributed by atoms with van der Waals surface area (Å²) in [5.74, 6) is -0.781. The van der Waals surface area contributed by atoms with Crippen molar-refractivity contribution in [1.29, 1.82) is 0 Å². The molecule has 4 heteroatoms. The molecule has 2 atom stereocenters. The number of phenolic OH excluding ortho intramolecular Hbond substituents is 1. The molecule has 0 radical (unpaired) electrons. The topological polar surface area (TPSA) is 69.6 Å². The SMILES string of the molecule is O=C(O)C1CNC(c2c(O)ccc3c2CCCCC3)C1. The molecule has 2 aliphatic rings. The van der Waals surface area contributed by atoms with Crippen LogP contribution in [0.1, 0.15) is 48.4 Å². The van der Waals surface area contributed by atoms with Gasteiger partial charge in [-0.05, 0) is 49.3 Å². The Morgan fingerprint density at radius 2 is 2.00 bits per heavy atom. The van der Waals surface area contributed by atoms with E-state index in [0.29, 0.717) is 18.7 Å². The van der Waals surface area contributed by atoms with Crippen molar-refractivity contribution in [2.45, 2.75) is 44.6 Å². The number of phenols is 1. The molecule has 0 spiro atoms. The number of benzene rings is 1. The van der Waals surface area contributed by atoms with Crippen LogP contribution in [0.3, 0.4) is 0 Å². The Morgan fingerprint density at radius 3 is 2.75 bits per heavy atom. The Morgan fingerprint density at radius 1 is 1.20 bits per heavy atom. The fraction of sp³-hybridized carbons (Fsp3) is 0.562. The number of rotatable bonds is 2. The zero-order valence-electron chi connectivity index (χ0n) is 11.6.